The van der Waals surface area contributed by atoms with Crippen LogP contribution in [0.2, 0.25) is 0 Å². The van der Waals surface area contributed by atoms with Gasteiger partial charge < -0.3 is 5.32 Å². The molecule has 11 heteroatoms. The number of halogens is 1. The first-order valence-electron chi connectivity index (χ1n) is 9.75. The van der Waals surface area contributed by atoms with Gasteiger partial charge in [0.15, 0.2) is 5.04 Å². The van der Waals surface area contributed by atoms with E-state index in [9.17, 15) is 18.0 Å². The lowest BCUT2D eigenvalue weighted by Crippen LogP contribution is -2.21. The maximum Gasteiger partial charge on any atom is 0.282 e. The van der Waals surface area contributed by atoms with Gasteiger partial charge >= 0.3 is 0 Å². The lowest BCUT2D eigenvalue weighted by molar-refractivity contribution is -0.110. The molecule has 0 bridgehead atoms. The Bertz CT molecular complexity index is 1370. The molecule has 0 aliphatic carbocycles. The molecule has 0 unspecified atom stereocenters. The number of nitrogens with two attached hydrogens (primary N) is 1. The number of thioether (sulfide) groups is 1. The van der Waals surface area contributed by atoms with Crippen molar-refractivity contribution in [2.75, 3.05) is 5.32 Å². The summed E-state index contributed by atoms with van der Waals surface area (Å²) in [6.07, 6.45) is 3.25. The quantitative estimate of drug-likeness (QED) is 0.347. The van der Waals surface area contributed by atoms with E-state index in [1.165, 1.54) is 24.4 Å². The summed E-state index contributed by atoms with van der Waals surface area (Å²) < 4.78 is 24.5. The number of anilines is 1. The summed E-state index contributed by atoms with van der Waals surface area (Å²) in [6, 6.07) is 15.8. The first kappa shape index (κ1) is 25.5. The number of carbonyl (C=O) groups excluding carboxylic acids is 2. The summed E-state index contributed by atoms with van der Waals surface area (Å²) in [5.74, 6) is -0.894. The summed E-state index contributed by atoms with van der Waals surface area (Å²) in [6.45, 7) is 1.78. The summed E-state index contributed by atoms with van der Waals surface area (Å²) in [4.78, 5) is 33.5. The van der Waals surface area contributed by atoms with Gasteiger partial charge in [0.05, 0.1) is 4.90 Å². The van der Waals surface area contributed by atoms with Gasteiger partial charge in [-0.2, -0.15) is 4.99 Å². The minimum atomic E-state index is -3.92. The summed E-state index contributed by atoms with van der Waals surface area (Å²) >= 11 is 4.27. The molecule has 0 saturated carbocycles. The highest BCUT2D eigenvalue weighted by Crippen LogP contribution is 2.27. The number of nitrogens with zero attached hydrogens (tertiary/aromatic N) is 2. The molecule has 0 saturated heterocycles. The lowest BCUT2D eigenvalue weighted by Gasteiger charge is -2.08. The van der Waals surface area contributed by atoms with Crippen LogP contribution in [0.5, 0.6) is 0 Å². The van der Waals surface area contributed by atoms with Crippen LogP contribution in [-0.4, -0.2) is 30.3 Å². The van der Waals surface area contributed by atoms with E-state index in [0.717, 1.165) is 16.2 Å². The Hall–Kier alpha value is -3.12. The molecular weight excluding hydrogens is 540 g/mol. The molecule has 1 heterocycles. The van der Waals surface area contributed by atoms with Crippen LogP contribution in [0.15, 0.2) is 92.7 Å². The maximum absolute atomic E-state index is 12.8. The van der Waals surface area contributed by atoms with Crippen LogP contribution in [0.4, 0.5) is 5.82 Å². The third kappa shape index (κ3) is 6.70. The topological polar surface area (TPSA) is 132 Å². The first-order chi connectivity index (χ1) is 16.2. The van der Waals surface area contributed by atoms with E-state index >= 15 is 0 Å². The molecule has 34 heavy (non-hydrogen) atoms. The van der Waals surface area contributed by atoms with Gasteiger partial charge in [-0.05, 0) is 64.2 Å². The number of benzene rings is 2. The Labute approximate surface area is 209 Å². The Morgan fingerprint density at radius 3 is 2.41 bits per heavy atom. The van der Waals surface area contributed by atoms with Crippen LogP contribution in [0, 0.1) is 0 Å². The average Bonchev–Trinajstić information content (AvgIpc) is 2.82. The molecule has 0 aliphatic rings. The van der Waals surface area contributed by atoms with E-state index in [4.69, 9.17) is 5.14 Å². The maximum atomic E-state index is 12.8. The zero-order valence-electron chi connectivity index (χ0n) is 17.8. The molecule has 2 aromatic carbocycles. The fourth-order valence-corrected chi connectivity index (χ4v) is 4.34. The minimum Gasteiger partial charge on any atom is -0.305 e. The number of sulfonamides is 1. The number of hydrogen-bond donors (Lipinski definition) is 2. The Balaban J connectivity index is 1.86. The number of amides is 2. The third-order valence-corrected chi connectivity index (χ3v) is 6.66. The van der Waals surface area contributed by atoms with Crippen LogP contribution in [0.1, 0.15) is 17.3 Å². The first-order valence-corrected chi connectivity index (χ1v) is 13.0. The van der Waals surface area contributed by atoms with Gasteiger partial charge in [0, 0.05) is 21.8 Å². The van der Waals surface area contributed by atoms with E-state index in [1.54, 1.807) is 60.9 Å². The van der Waals surface area contributed by atoms with E-state index in [-0.39, 0.29) is 15.5 Å². The van der Waals surface area contributed by atoms with Gasteiger partial charge in [-0.25, -0.2) is 18.5 Å². The molecule has 0 aliphatic heterocycles. The van der Waals surface area contributed by atoms with Crippen molar-refractivity contribution in [3.8, 4) is 11.1 Å². The molecule has 3 aromatic rings. The zero-order valence-corrected chi connectivity index (χ0v) is 21.0. The Morgan fingerprint density at radius 1 is 1.09 bits per heavy atom. The number of aliphatic imine (C=N–C) groups is 1. The number of nitrogens with one attached hydrogen (secondary N) is 1. The van der Waals surface area contributed by atoms with Gasteiger partial charge in [0.2, 0.25) is 10.0 Å². The second-order valence-corrected chi connectivity index (χ2v) is 10.1. The normalized spacial score (nSPS) is 12.0. The predicted molar refractivity (Wildman–Crippen MR) is 138 cm³/mol. The lowest BCUT2D eigenvalue weighted by atomic mass is 10.0. The molecule has 0 atom stereocenters. The molecule has 1 aromatic heterocycles. The molecular formula is C23H19BrN4O4S2. The van der Waals surface area contributed by atoms with Crippen LogP contribution in [0.25, 0.3) is 11.1 Å². The van der Waals surface area contributed by atoms with Gasteiger partial charge in [0.1, 0.15) is 5.82 Å². The molecule has 0 fully saturated rings. The van der Waals surface area contributed by atoms with Crippen molar-refractivity contribution in [2.45, 2.75) is 11.8 Å². The van der Waals surface area contributed by atoms with E-state index < -0.39 is 21.8 Å². The van der Waals surface area contributed by atoms with E-state index in [2.05, 4.69) is 31.2 Å². The van der Waals surface area contributed by atoms with Crippen molar-refractivity contribution in [1.82, 2.24) is 4.98 Å². The SMILES string of the molecule is C/C=C\S/C(=N/C(=O)c1ccc(-c2ccccc2S(N)(=O)=O)cc1)C(=O)Nc1ccc(Br)cn1. The van der Waals surface area contributed by atoms with Gasteiger partial charge in [-0.1, -0.05) is 48.2 Å². The fourth-order valence-electron chi connectivity index (χ4n) is 2.79. The highest BCUT2D eigenvalue weighted by molar-refractivity contribution is 9.10. The predicted octanol–water partition coefficient (Wildman–Crippen LogP) is 4.60. The Kier molecular flexibility index (Phi) is 8.51. The zero-order chi connectivity index (χ0) is 24.7. The second kappa shape index (κ2) is 11.3. The van der Waals surface area contributed by atoms with Crippen LogP contribution in [0.3, 0.4) is 0 Å². The molecule has 0 spiro atoms. The van der Waals surface area contributed by atoms with E-state index in [1.807, 2.05) is 0 Å². The third-order valence-electron chi connectivity index (χ3n) is 4.32. The molecule has 174 valence electrons. The largest absolute Gasteiger partial charge is 0.305 e. The van der Waals surface area contributed by atoms with Crippen LogP contribution < -0.4 is 10.5 Å². The molecule has 8 nitrogen and oxygen atoms in total. The number of allylic oxidation sites excluding steroid dienone is 1. The van der Waals surface area contributed by atoms with Crippen molar-refractivity contribution in [3.05, 3.63) is 88.4 Å². The van der Waals surface area contributed by atoms with Crippen molar-refractivity contribution < 1.29 is 18.0 Å². The number of pyridine rings is 1. The van der Waals surface area contributed by atoms with Gasteiger partial charge in [-0.3, -0.25) is 9.59 Å². The van der Waals surface area contributed by atoms with Crippen LogP contribution in [-0.2, 0) is 14.8 Å². The van der Waals surface area contributed by atoms with Crippen molar-refractivity contribution in [3.63, 3.8) is 0 Å². The molecule has 3 rings (SSSR count). The van der Waals surface area contributed by atoms with Gasteiger partial charge in [-0.15, -0.1) is 0 Å². The van der Waals surface area contributed by atoms with Crippen molar-refractivity contribution in [2.24, 2.45) is 10.1 Å². The van der Waals surface area contributed by atoms with E-state index in [0.29, 0.717) is 16.9 Å². The summed E-state index contributed by atoms with van der Waals surface area (Å²) in [5.41, 5.74) is 1.20. The van der Waals surface area contributed by atoms with Crippen molar-refractivity contribution in [1.29, 1.82) is 0 Å². The highest BCUT2D eigenvalue weighted by atomic mass is 79.9. The van der Waals surface area contributed by atoms with Crippen LogP contribution >= 0.6 is 27.7 Å². The number of rotatable bonds is 5. The second-order valence-electron chi connectivity index (χ2n) is 6.74. The minimum absolute atomic E-state index is 0.0182. The molecule has 3 N–H and O–H groups in total. The number of hydrogen-bond acceptors (Lipinski definition) is 6. The number of carbonyl (C=O) groups is 2. The summed E-state index contributed by atoms with van der Waals surface area (Å²) in [5, 5.41) is 9.49. The smallest absolute Gasteiger partial charge is 0.282 e. The number of primary sulfonamides is 1. The monoisotopic (exact) mass is 558 g/mol. The highest BCUT2D eigenvalue weighted by Gasteiger charge is 2.17. The Morgan fingerprint density at radius 2 is 1.79 bits per heavy atom. The number of aromatic nitrogens is 1. The summed E-state index contributed by atoms with van der Waals surface area (Å²) in [7, 11) is -3.92. The van der Waals surface area contributed by atoms with Gasteiger partial charge in [0.25, 0.3) is 11.8 Å². The molecule has 2 amide bonds. The molecule has 0 radical (unpaired) electrons. The van der Waals surface area contributed by atoms with Crippen molar-refractivity contribution >= 4 is 60.4 Å². The fraction of sp³-hybridized carbons (Fsp3) is 0.0435. The standard InChI is InChI=1S/C23H19BrN4O4S2/c1-2-13-33-23(22(30)27-20-12-11-17(24)14-26-20)28-21(29)16-9-7-15(8-10-16)18-5-3-4-6-19(18)34(25,31)32/h2-14H,1H3,(H2,25,31,32)(H,26,27,30)/b13-2-,28-23+. The average molecular weight is 559 g/mol.